The number of benzene rings is 1. The molecule has 2 amide bonds. The fourth-order valence-corrected chi connectivity index (χ4v) is 1.77. The van der Waals surface area contributed by atoms with Crippen LogP contribution in [-0.4, -0.2) is 49.3 Å². The Bertz CT molecular complexity index is 543. The molecule has 0 bridgehead atoms. The van der Waals surface area contributed by atoms with E-state index < -0.39 is 24.5 Å². The third-order valence-corrected chi connectivity index (χ3v) is 2.99. The highest BCUT2D eigenvalue weighted by Gasteiger charge is 2.18. The van der Waals surface area contributed by atoms with Gasteiger partial charge in [-0.15, -0.1) is 0 Å². The van der Waals surface area contributed by atoms with Crippen molar-refractivity contribution in [1.29, 1.82) is 0 Å². The molecule has 1 rings (SSSR count). The minimum atomic E-state index is -0.902. The van der Waals surface area contributed by atoms with Crippen molar-refractivity contribution in [1.82, 2.24) is 5.32 Å². The van der Waals surface area contributed by atoms with Crippen molar-refractivity contribution in [3.05, 3.63) is 29.8 Å². The number of aliphatic hydroxyl groups excluding tert-OH is 1. The van der Waals surface area contributed by atoms with Gasteiger partial charge in [0, 0.05) is 6.42 Å². The summed E-state index contributed by atoms with van der Waals surface area (Å²) in [5.74, 6) is -1.15. The van der Waals surface area contributed by atoms with Gasteiger partial charge in [0.1, 0.15) is 18.4 Å². The van der Waals surface area contributed by atoms with Crippen LogP contribution >= 0.6 is 0 Å². The quantitative estimate of drug-likeness (QED) is 0.507. The molecule has 0 aliphatic heterocycles. The van der Waals surface area contributed by atoms with E-state index in [1.54, 1.807) is 24.3 Å². The summed E-state index contributed by atoms with van der Waals surface area (Å²) in [7, 11) is 1.31. The van der Waals surface area contributed by atoms with Gasteiger partial charge in [0.05, 0.1) is 20.1 Å². The van der Waals surface area contributed by atoms with Gasteiger partial charge in [0.15, 0.2) is 0 Å². The number of nitrogens with one attached hydrogen (secondary N) is 1. The van der Waals surface area contributed by atoms with Gasteiger partial charge in [-0.2, -0.15) is 0 Å². The number of aliphatic hydroxyl groups is 1. The van der Waals surface area contributed by atoms with Crippen LogP contribution in [0.3, 0.4) is 0 Å². The number of methoxy groups -OCH3 is 1. The number of amides is 2. The summed E-state index contributed by atoms with van der Waals surface area (Å²) in [6, 6.07) is 5.89. The first-order chi connectivity index (χ1) is 11.0. The lowest BCUT2D eigenvalue weighted by atomic mass is 10.1. The fraction of sp³-hybridized carbons (Fsp3) is 0.400. The molecule has 1 aromatic carbocycles. The van der Waals surface area contributed by atoms with Crippen LogP contribution in [0.15, 0.2) is 24.3 Å². The van der Waals surface area contributed by atoms with Crippen LogP contribution in [0, 0.1) is 0 Å². The lowest BCUT2D eigenvalue weighted by Gasteiger charge is -2.15. The summed E-state index contributed by atoms with van der Waals surface area (Å²) < 4.78 is 9.87. The zero-order valence-corrected chi connectivity index (χ0v) is 12.8. The highest BCUT2D eigenvalue weighted by Crippen LogP contribution is 2.14. The maximum Gasteiger partial charge on any atom is 0.308 e. The lowest BCUT2D eigenvalue weighted by Crippen LogP contribution is -2.46. The first-order valence-corrected chi connectivity index (χ1v) is 6.94. The SMILES string of the molecule is COC(=O)CCOc1ccc(CC(NC(=O)CO)C(N)=O)cc1. The molecule has 0 radical (unpaired) electrons. The smallest absolute Gasteiger partial charge is 0.308 e. The average Bonchev–Trinajstić information content (AvgIpc) is 2.55. The standard InChI is InChI=1S/C15H20N2O6/c1-22-14(20)6-7-23-11-4-2-10(3-5-11)8-12(15(16)21)17-13(19)9-18/h2-5,12,18H,6-9H2,1H3,(H2,16,21)(H,17,19). The molecule has 0 fully saturated rings. The number of carbonyl (C=O) groups excluding carboxylic acids is 3. The van der Waals surface area contributed by atoms with Gasteiger partial charge in [0.25, 0.3) is 0 Å². The van der Waals surface area contributed by atoms with Crippen molar-refractivity contribution in [2.24, 2.45) is 5.73 Å². The number of nitrogens with two attached hydrogens (primary N) is 1. The molecule has 0 aliphatic rings. The summed E-state index contributed by atoms with van der Waals surface area (Å²) in [6.07, 6.45) is 0.346. The Kier molecular flexibility index (Phi) is 7.55. The maximum atomic E-state index is 11.3. The summed E-state index contributed by atoms with van der Waals surface area (Å²) in [4.78, 5) is 33.4. The van der Waals surface area contributed by atoms with E-state index in [1.807, 2.05) is 0 Å². The highest BCUT2D eigenvalue weighted by molar-refractivity contribution is 5.87. The zero-order valence-electron chi connectivity index (χ0n) is 12.8. The Morgan fingerprint density at radius 2 is 1.91 bits per heavy atom. The van der Waals surface area contributed by atoms with E-state index in [0.717, 1.165) is 5.56 Å². The van der Waals surface area contributed by atoms with E-state index in [0.29, 0.717) is 5.75 Å². The summed E-state index contributed by atoms with van der Waals surface area (Å²) in [6.45, 7) is -0.515. The molecule has 0 aliphatic carbocycles. The molecule has 0 aromatic heterocycles. The summed E-state index contributed by atoms with van der Waals surface area (Å²) in [5.41, 5.74) is 5.98. The molecule has 0 saturated heterocycles. The van der Waals surface area contributed by atoms with E-state index in [2.05, 4.69) is 10.1 Å². The number of ether oxygens (including phenoxy) is 2. The van der Waals surface area contributed by atoms with Crippen molar-refractivity contribution < 1.29 is 29.0 Å². The van der Waals surface area contributed by atoms with Crippen LogP contribution in [-0.2, 0) is 25.5 Å². The van der Waals surface area contributed by atoms with Gasteiger partial charge in [-0.3, -0.25) is 14.4 Å². The molecule has 4 N–H and O–H groups in total. The predicted molar refractivity (Wildman–Crippen MR) is 80.5 cm³/mol. The van der Waals surface area contributed by atoms with E-state index in [1.165, 1.54) is 7.11 Å². The zero-order chi connectivity index (χ0) is 17.2. The third kappa shape index (κ3) is 6.79. The number of primary amides is 1. The molecule has 126 valence electrons. The van der Waals surface area contributed by atoms with Crippen molar-refractivity contribution in [2.75, 3.05) is 20.3 Å². The van der Waals surface area contributed by atoms with E-state index in [9.17, 15) is 14.4 Å². The van der Waals surface area contributed by atoms with Gasteiger partial charge in [-0.05, 0) is 17.7 Å². The number of hydrogen-bond acceptors (Lipinski definition) is 6. The summed E-state index contributed by atoms with van der Waals surface area (Å²) in [5, 5.41) is 11.0. The van der Waals surface area contributed by atoms with Crippen LogP contribution < -0.4 is 15.8 Å². The predicted octanol–water partition coefficient (Wildman–Crippen LogP) is -0.867. The van der Waals surface area contributed by atoms with E-state index in [4.69, 9.17) is 15.6 Å². The van der Waals surface area contributed by atoms with Gasteiger partial charge in [-0.25, -0.2) is 0 Å². The summed E-state index contributed by atoms with van der Waals surface area (Å²) >= 11 is 0. The number of carbonyl (C=O) groups is 3. The lowest BCUT2D eigenvalue weighted by molar-refractivity contribution is -0.141. The molecule has 23 heavy (non-hydrogen) atoms. The van der Waals surface area contributed by atoms with Crippen molar-refractivity contribution >= 4 is 17.8 Å². The second-order valence-corrected chi connectivity index (χ2v) is 4.70. The maximum absolute atomic E-state index is 11.3. The van der Waals surface area contributed by atoms with Crippen LogP contribution in [0.2, 0.25) is 0 Å². The molecule has 8 nitrogen and oxygen atoms in total. The number of rotatable bonds is 9. The van der Waals surface area contributed by atoms with Crippen LogP contribution in [0.25, 0.3) is 0 Å². The second kappa shape index (κ2) is 9.42. The molecule has 1 aromatic rings. The first-order valence-electron chi connectivity index (χ1n) is 6.94. The van der Waals surface area contributed by atoms with Gasteiger partial charge < -0.3 is 25.6 Å². The third-order valence-electron chi connectivity index (χ3n) is 2.99. The van der Waals surface area contributed by atoms with Crippen LogP contribution in [0.4, 0.5) is 0 Å². The van der Waals surface area contributed by atoms with E-state index >= 15 is 0 Å². The topological polar surface area (TPSA) is 128 Å². The Morgan fingerprint density at radius 3 is 2.43 bits per heavy atom. The minimum absolute atomic E-state index is 0.148. The monoisotopic (exact) mass is 324 g/mol. The van der Waals surface area contributed by atoms with Crippen LogP contribution in [0.5, 0.6) is 5.75 Å². The molecule has 0 spiro atoms. The molecule has 0 heterocycles. The van der Waals surface area contributed by atoms with Gasteiger partial charge >= 0.3 is 5.97 Å². The first kappa shape index (κ1) is 18.4. The molecular weight excluding hydrogens is 304 g/mol. The molecule has 1 unspecified atom stereocenters. The Morgan fingerprint density at radius 1 is 1.26 bits per heavy atom. The Balaban J connectivity index is 2.56. The Labute approximate surface area is 133 Å². The van der Waals surface area contributed by atoms with Gasteiger partial charge in [-0.1, -0.05) is 12.1 Å². The fourth-order valence-electron chi connectivity index (χ4n) is 1.77. The number of hydrogen-bond donors (Lipinski definition) is 3. The average molecular weight is 324 g/mol. The van der Waals surface area contributed by atoms with Crippen molar-refractivity contribution in [3.8, 4) is 5.75 Å². The molecule has 0 saturated carbocycles. The Hall–Kier alpha value is -2.61. The highest BCUT2D eigenvalue weighted by atomic mass is 16.5. The minimum Gasteiger partial charge on any atom is -0.493 e. The van der Waals surface area contributed by atoms with Gasteiger partial charge in [0.2, 0.25) is 11.8 Å². The molecule has 1 atom stereocenters. The van der Waals surface area contributed by atoms with Crippen molar-refractivity contribution in [2.45, 2.75) is 18.9 Å². The molecule has 8 heteroatoms. The normalized spacial score (nSPS) is 11.4. The second-order valence-electron chi connectivity index (χ2n) is 4.70. The largest absolute Gasteiger partial charge is 0.493 e. The molecular formula is C15H20N2O6. The van der Waals surface area contributed by atoms with Crippen molar-refractivity contribution in [3.63, 3.8) is 0 Å². The van der Waals surface area contributed by atoms with Crippen LogP contribution in [0.1, 0.15) is 12.0 Å². The number of esters is 1. The van der Waals surface area contributed by atoms with E-state index in [-0.39, 0.29) is 25.4 Å².